The van der Waals surface area contributed by atoms with Gasteiger partial charge in [-0.15, -0.1) is 0 Å². The first-order chi connectivity index (χ1) is 11.4. The molecule has 152 valence electrons. The molecule has 0 spiro atoms. The van der Waals surface area contributed by atoms with Crippen molar-refractivity contribution >= 4 is 50.2 Å². The number of hydrogen-bond acceptors (Lipinski definition) is 9. The molecule has 0 aromatic rings. The maximum Gasteiger partial charge on any atom is 3.00 e. The quantitative estimate of drug-likeness (QED) is 0.272. The Hall–Kier alpha value is 1.75. The molecule has 0 aliphatic rings. The topological polar surface area (TPSA) is 125 Å². The summed E-state index contributed by atoms with van der Waals surface area (Å²) < 4.78 is 27.4. The van der Waals surface area contributed by atoms with E-state index in [0.717, 1.165) is 0 Å². The van der Waals surface area contributed by atoms with Crippen molar-refractivity contribution in [2.24, 2.45) is 0 Å². The van der Waals surface area contributed by atoms with E-state index in [-0.39, 0.29) is 24.4 Å². The summed E-state index contributed by atoms with van der Waals surface area (Å²) in [5.74, 6) is 0. The maximum absolute atomic E-state index is 10.3. The van der Waals surface area contributed by atoms with Crippen LogP contribution in [0.2, 0.25) is 0 Å². The van der Waals surface area contributed by atoms with Crippen molar-refractivity contribution in [3.8, 4) is 0 Å². The molecule has 25 heavy (non-hydrogen) atoms. The molecule has 0 aromatic heterocycles. The van der Waals surface area contributed by atoms with Crippen molar-refractivity contribution in [1.82, 2.24) is 0 Å². The minimum Gasteiger partial charge on any atom is -0.786 e. The molecule has 0 bridgehead atoms. The Morgan fingerprint density at radius 1 is 0.440 bits per heavy atom. The van der Waals surface area contributed by atoms with Crippen LogP contribution in [-0.4, -0.2) is 64.1 Å². The van der Waals surface area contributed by atoms with Crippen molar-refractivity contribution in [2.75, 3.05) is 39.6 Å². The fourth-order valence-corrected chi connectivity index (χ4v) is 2.23. The van der Waals surface area contributed by atoms with Crippen LogP contribution in [-0.2, 0) is 27.1 Å². The first-order valence-corrected chi connectivity index (χ1v) is 10.9. The first-order valence-electron chi connectivity index (χ1n) is 7.62. The Kier molecular flexibility index (Phi) is 41.8. The summed E-state index contributed by atoms with van der Waals surface area (Å²) >= 11 is 0. The van der Waals surface area contributed by atoms with Crippen molar-refractivity contribution in [2.45, 2.75) is 41.5 Å². The van der Waals surface area contributed by atoms with Gasteiger partial charge in [0.05, 0.1) is 25.8 Å². The number of rotatable bonds is 12. The average Bonchev–Trinajstić information content (AvgIpc) is 2.50. The summed E-state index contributed by atoms with van der Waals surface area (Å²) in [6, 6.07) is 0. The third kappa shape index (κ3) is 37.2. The van der Waals surface area contributed by atoms with Crippen LogP contribution in [0.5, 0.6) is 0 Å². The molecule has 0 aliphatic carbocycles. The van der Waals surface area contributed by atoms with Gasteiger partial charge in [-0.25, -0.2) is 0 Å². The fraction of sp³-hybridized carbons (Fsp3) is 1.00. The molecular weight excluding hydrogens is 503 g/mol. The van der Waals surface area contributed by atoms with Crippen molar-refractivity contribution in [3.63, 3.8) is 0 Å². The van der Waals surface area contributed by atoms with E-state index in [2.05, 4.69) is 27.1 Å². The van der Waals surface area contributed by atoms with E-state index in [0.29, 0.717) is 39.6 Å². The van der Waals surface area contributed by atoms with E-state index >= 15 is 0 Å². The minimum atomic E-state index is -1.83. The monoisotopic (exact) mass is 532 g/mol. The van der Waals surface area contributed by atoms with Crippen LogP contribution in [0.15, 0.2) is 0 Å². The van der Waals surface area contributed by atoms with Crippen molar-refractivity contribution in [3.05, 3.63) is 0 Å². The summed E-state index contributed by atoms with van der Waals surface area (Å²) in [5.41, 5.74) is 0. The zero-order valence-corrected chi connectivity index (χ0v) is 20.9. The maximum atomic E-state index is 10.3. The van der Waals surface area contributed by atoms with Gasteiger partial charge in [-0.05, 0) is 41.5 Å². The Balaban J connectivity index is -0.000000130. The third-order valence-corrected chi connectivity index (χ3v) is 4.22. The normalized spacial score (nSPS) is 10.1. The molecule has 0 unspecified atom stereocenters. The van der Waals surface area contributed by atoms with Crippen LogP contribution < -0.4 is 14.7 Å². The van der Waals surface area contributed by atoms with E-state index in [9.17, 15) is 14.7 Å². The van der Waals surface area contributed by atoms with E-state index in [1.54, 1.807) is 41.5 Å². The largest absolute Gasteiger partial charge is 3.00 e. The van der Waals surface area contributed by atoms with Gasteiger partial charge in [-0.2, -0.15) is 0 Å². The molecule has 0 saturated heterocycles. The summed E-state index contributed by atoms with van der Waals surface area (Å²) in [5, 5.41) is 0. The summed E-state index contributed by atoms with van der Waals surface area (Å²) in [7, 11) is -5.49. The van der Waals surface area contributed by atoms with Gasteiger partial charge in [0.15, 0.2) is 0 Å². The van der Waals surface area contributed by atoms with Gasteiger partial charge in [-0.3, -0.25) is 0 Å². The number of hydrogen-bond donors (Lipinski definition) is 0. The second-order valence-corrected chi connectivity index (χ2v) is 6.07. The molecule has 0 N–H and O–H groups in total. The smallest absolute Gasteiger partial charge is 0.786 e. The second kappa shape index (κ2) is 30.5. The van der Waals surface area contributed by atoms with Crippen LogP contribution in [0.25, 0.3) is 0 Å². The molecule has 0 rings (SSSR count). The molecule has 0 aliphatic heterocycles. The summed E-state index contributed by atoms with van der Waals surface area (Å²) in [6.45, 7) is 13.3. The Bertz CT molecular complexity index is 173. The fourth-order valence-electron chi connectivity index (χ4n) is 0.744. The van der Waals surface area contributed by atoms with Gasteiger partial charge in [0.1, 0.15) is 0 Å². The zero-order chi connectivity index (χ0) is 19.2. The standard InChI is InChI=1S/3C4H10O3P.Sb/c3*1-3-6-8(5)7-4-2;/h3*3-4H2,1-2H3;/q3*-1;+3. The van der Waals surface area contributed by atoms with Gasteiger partial charge in [0.25, 0.3) is 0 Å². The van der Waals surface area contributed by atoms with E-state index in [4.69, 9.17) is 0 Å². The van der Waals surface area contributed by atoms with Crippen LogP contribution in [0.1, 0.15) is 41.5 Å². The molecular formula is C12H30O9P3Sb. The first kappa shape index (κ1) is 34.3. The molecule has 2 radical (unpaired) electrons. The van der Waals surface area contributed by atoms with E-state index < -0.39 is 25.8 Å². The van der Waals surface area contributed by atoms with Crippen LogP contribution in [0, 0.1) is 0 Å². The Morgan fingerprint density at radius 3 is 0.640 bits per heavy atom. The summed E-state index contributed by atoms with van der Waals surface area (Å²) in [6.07, 6.45) is 0. The average molecular weight is 533 g/mol. The van der Waals surface area contributed by atoms with Crippen LogP contribution in [0.4, 0.5) is 0 Å². The van der Waals surface area contributed by atoms with Gasteiger partial charge in [-0.1, -0.05) is 0 Å². The van der Waals surface area contributed by atoms with E-state index in [1.807, 2.05) is 0 Å². The second-order valence-electron chi connectivity index (χ2n) is 3.18. The van der Waals surface area contributed by atoms with Crippen molar-refractivity contribution in [1.29, 1.82) is 0 Å². The van der Waals surface area contributed by atoms with Gasteiger partial charge in [0.2, 0.25) is 0 Å². The van der Waals surface area contributed by atoms with Crippen molar-refractivity contribution < 1.29 is 41.8 Å². The Labute approximate surface area is 173 Å². The third-order valence-electron chi connectivity index (χ3n) is 1.41. The van der Waals surface area contributed by atoms with Gasteiger partial charge in [0, 0.05) is 39.6 Å². The zero-order valence-electron chi connectivity index (χ0n) is 15.7. The van der Waals surface area contributed by atoms with Gasteiger partial charge >= 0.3 is 24.4 Å². The molecule has 13 heteroatoms. The Morgan fingerprint density at radius 2 is 0.560 bits per heavy atom. The molecule has 0 fully saturated rings. The summed E-state index contributed by atoms with van der Waals surface area (Å²) in [4.78, 5) is 31.0. The molecule has 0 aromatic carbocycles. The van der Waals surface area contributed by atoms with Crippen LogP contribution >= 0.6 is 25.8 Å². The van der Waals surface area contributed by atoms with Gasteiger partial charge < -0.3 is 41.8 Å². The minimum absolute atomic E-state index is 0. The molecule has 0 saturated carbocycles. The molecule has 0 atom stereocenters. The molecule has 0 amide bonds. The predicted octanol–water partition coefficient (Wildman–Crippen LogP) is 1.56. The predicted molar refractivity (Wildman–Crippen MR) is 96.3 cm³/mol. The molecule has 0 heterocycles. The van der Waals surface area contributed by atoms with E-state index in [1.165, 1.54) is 0 Å². The SMILES string of the molecule is CCOP([O-])OCC.CCOP([O-])OCC.CCOP([O-])OCC.[Sb+3]. The molecule has 9 nitrogen and oxygen atoms in total. The van der Waals surface area contributed by atoms with Crippen LogP contribution in [0.3, 0.4) is 0 Å².